The first-order valence-corrected chi connectivity index (χ1v) is 15.1. The van der Waals surface area contributed by atoms with E-state index in [0.717, 1.165) is 66.7 Å². The molecule has 8 aromatic rings. The van der Waals surface area contributed by atoms with Crippen LogP contribution in [0.1, 0.15) is 12.5 Å². The van der Waals surface area contributed by atoms with Crippen LogP contribution >= 0.6 is 0 Å². The fraction of sp³-hybridized carbons (Fsp3) is 0.0238. The summed E-state index contributed by atoms with van der Waals surface area (Å²) in [5, 5.41) is 7.02. The van der Waals surface area contributed by atoms with Crippen LogP contribution in [0, 0.1) is 0 Å². The summed E-state index contributed by atoms with van der Waals surface area (Å²) in [5.74, 6) is 0. The highest BCUT2D eigenvalue weighted by molar-refractivity contribution is 5.99. The monoisotopic (exact) mass is 575 g/mol. The van der Waals surface area contributed by atoms with E-state index < -0.39 is 0 Å². The molecule has 0 aliphatic carbocycles. The second kappa shape index (κ2) is 11.0. The maximum Gasteiger partial charge on any atom is 0.0772 e. The average Bonchev–Trinajstić information content (AvgIpc) is 3.09. The van der Waals surface area contributed by atoms with Crippen LogP contribution < -0.4 is 0 Å². The van der Waals surface area contributed by atoms with Crippen LogP contribution in [0.4, 0.5) is 5.69 Å². The van der Waals surface area contributed by atoms with Gasteiger partial charge in [0.2, 0.25) is 0 Å². The van der Waals surface area contributed by atoms with E-state index in [9.17, 15) is 0 Å². The molecule has 0 saturated carbocycles. The summed E-state index contributed by atoms with van der Waals surface area (Å²) in [6, 6.07) is 47.0. The van der Waals surface area contributed by atoms with Gasteiger partial charge in [-0.2, -0.15) is 0 Å². The van der Waals surface area contributed by atoms with E-state index in [1.807, 2.05) is 13.0 Å². The van der Waals surface area contributed by atoms with Crippen molar-refractivity contribution in [2.75, 3.05) is 0 Å². The van der Waals surface area contributed by atoms with Crippen molar-refractivity contribution in [3.05, 3.63) is 145 Å². The Balaban J connectivity index is 1.35. The Kier molecular flexibility index (Phi) is 6.50. The second-order valence-electron chi connectivity index (χ2n) is 11.4. The number of nitrogens with zero attached hydrogens (tertiary/aromatic N) is 3. The van der Waals surface area contributed by atoms with Crippen molar-refractivity contribution in [1.82, 2.24) is 9.97 Å². The lowest BCUT2D eigenvalue weighted by Gasteiger charge is -2.14. The first-order valence-electron chi connectivity index (χ1n) is 15.1. The quantitative estimate of drug-likeness (QED) is 0.151. The molecule has 3 nitrogen and oxygen atoms in total. The van der Waals surface area contributed by atoms with Crippen LogP contribution in [0.2, 0.25) is 0 Å². The molecule has 0 radical (unpaired) electrons. The molecule has 6 aromatic carbocycles. The van der Waals surface area contributed by atoms with Crippen LogP contribution in [-0.2, 0) is 0 Å². The first-order chi connectivity index (χ1) is 22.2. The van der Waals surface area contributed by atoms with Crippen LogP contribution in [0.25, 0.3) is 83.1 Å². The fourth-order valence-electron chi connectivity index (χ4n) is 6.31. The Bertz CT molecular complexity index is 2330. The van der Waals surface area contributed by atoms with Crippen molar-refractivity contribution in [2.45, 2.75) is 6.92 Å². The van der Waals surface area contributed by atoms with E-state index in [0.29, 0.717) is 0 Å². The number of hydrogen-bond donors (Lipinski definition) is 0. The molecule has 0 aliphatic rings. The fourth-order valence-corrected chi connectivity index (χ4v) is 6.31. The zero-order valence-corrected chi connectivity index (χ0v) is 24.9. The number of rotatable bonds is 5. The van der Waals surface area contributed by atoms with Gasteiger partial charge in [-0.15, -0.1) is 0 Å². The first kappa shape index (κ1) is 26.7. The summed E-state index contributed by atoms with van der Waals surface area (Å²) >= 11 is 0. The van der Waals surface area contributed by atoms with Crippen LogP contribution in [0.15, 0.2) is 145 Å². The van der Waals surface area contributed by atoms with Gasteiger partial charge in [0, 0.05) is 33.0 Å². The molecule has 8 rings (SSSR count). The average molecular weight is 576 g/mol. The number of pyridine rings is 2. The van der Waals surface area contributed by atoms with E-state index in [4.69, 9.17) is 9.97 Å². The number of aliphatic imine (C=N–C) groups is 1. The zero-order valence-electron chi connectivity index (χ0n) is 24.9. The van der Waals surface area contributed by atoms with E-state index in [2.05, 4.69) is 151 Å². The number of aromatic nitrogens is 2. The lowest BCUT2D eigenvalue weighted by molar-refractivity contribution is 1.38. The van der Waals surface area contributed by atoms with Crippen LogP contribution in [0.5, 0.6) is 0 Å². The normalized spacial score (nSPS) is 11.7. The van der Waals surface area contributed by atoms with Gasteiger partial charge in [-0.1, -0.05) is 91.0 Å². The highest BCUT2D eigenvalue weighted by Crippen LogP contribution is 2.39. The minimum Gasteiger partial charge on any atom is -0.263 e. The van der Waals surface area contributed by atoms with Crippen LogP contribution in [0.3, 0.4) is 0 Å². The van der Waals surface area contributed by atoms with Crippen molar-refractivity contribution in [2.24, 2.45) is 4.99 Å². The molecule has 3 heteroatoms. The maximum atomic E-state index is 5.17. The number of allylic oxidation sites excluding steroid dienone is 1. The second-order valence-corrected chi connectivity index (χ2v) is 11.4. The van der Waals surface area contributed by atoms with Gasteiger partial charge in [0.25, 0.3) is 0 Å². The standard InChI is InChI=1S/C42H29N3/c1-3-9-27-14-8-15-37(42(27)43-2)34-22-35(38-18-16-32-20-28-10-4-6-12-30(28)25-40(32)44-38)24-36(23-34)39-19-17-33-21-29-11-5-7-13-31(29)26-41(33)45-39/h3-26H,2H2,1H3/b9-3-. The molecule has 2 heterocycles. The van der Waals surface area contributed by atoms with Crippen molar-refractivity contribution in [3.8, 4) is 33.6 Å². The number of para-hydroxylation sites is 1. The van der Waals surface area contributed by atoms with E-state index >= 15 is 0 Å². The van der Waals surface area contributed by atoms with E-state index in [1.165, 1.54) is 21.5 Å². The van der Waals surface area contributed by atoms with Gasteiger partial charge >= 0.3 is 0 Å². The Hall–Kier alpha value is -5.93. The molecular weight excluding hydrogens is 546 g/mol. The third kappa shape index (κ3) is 4.85. The van der Waals surface area contributed by atoms with Gasteiger partial charge in [-0.3, -0.25) is 4.99 Å². The Morgan fingerprint density at radius 3 is 1.53 bits per heavy atom. The third-order valence-corrected chi connectivity index (χ3v) is 8.52. The molecule has 0 atom stereocenters. The molecule has 45 heavy (non-hydrogen) atoms. The Morgan fingerprint density at radius 1 is 0.511 bits per heavy atom. The SMILES string of the molecule is C=Nc1c(/C=C\C)cccc1-c1cc(-c2ccc3cc4ccccc4cc3n2)cc(-c2ccc3cc4ccccc4cc3n2)c1. The summed E-state index contributed by atoms with van der Waals surface area (Å²) in [6.07, 6.45) is 4.10. The minimum absolute atomic E-state index is 0.856. The Morgan fingerprint density at radius 2 is 1.02 bits per heavy atom. The smallest absolute Gasteiger partial charge is 0.0772 e. The van der Waals surface area contributed by atoms with Crippen LogP contribution in [-0.4, -0.2) is 16.7 Å². The zero-order chi connectivity index (χ0) is 30.3. The predicted molar refractivity (Wildman–Crippen MR) is 192 cm³/mol. The molecule has 0 N–H and O–H groups in total. The van der Waals surface area contributed by atoms with Crippen molar-refractivity contribution in [1.29, 1.82) is 0 Å². The summed E-state index contributed by atoms with van der Waals surface area (Å²) in [7, 11) is 0. The highest BCUT2D eigenvalue weighted by atomic mass is 14.7. The molecule has 0 amide bonds. The lowest BCUT2D eigenvalue weighted by Crippen LogP contribution is -1.92. The topological polar surface area (TPSA) is 38.1 Å². The summed E-state index contributed by atoms with van der Waals surface area (Å²) < 4.78 is 0. The van der Waals surface area contributed by atoms with E-state index in [1.54, 1.807) is 0 Å². The lowest BCUT2D eigenvalue weighted by atomic mass is 9.93. The highest BCUT2D eigenvalue weighted by Gasteiger charge is 2.14. The van der Waals surface area contributed by atoms with E-state index in [-0.39, 0.29) is 0 Å². The Labute approximate surface area is 261 Å². The van der Waals surface area contributed by atoms with Gasteiger partial charge in [0.05, 0.1) is 28.1 Å². The molecule has 0 spiro atoms. The number of fused-ring (bicyclic) bond motifs is 4. The summed E-state index contributed by atoms with van der Waals surface area (Å²) in [4.78, 5) is 14.8. The minimum atomic E-state index is 0.856. The van der Waals surface area contributed by atoms with Crippen molar-refractivity contribution in [3.63, 3.8) is 0 Å². The molecule has 2 aromatic heterocycles. The molecule has 212 valence electrons. The third-order valence-electron chi connectivity index (χ3n) is 8.52. The number of benzene rings is 6. The molecule has 0 aliphatic heterocycles. The van der Waals surface area contributed by atoms with Gasteiger partial charge < -0.3 is 0 Å². The molecule has 0 unspecified atom stereocenters. The van der Waals surface area contributed by atoms with Crippen molar-refractivity contribution < 1.29 is 0 Å². The number of hydrogen-bond acceptors (Lipinski definition) is 3. The van der Waals surface area contributed by atoms with Gasteiger partial charge in [-0.05, 0) is 95.3 Å². The molecule has 0 saturated heterocycles. The summed E-state index contributed by atoms with van der Waals surface area (Å²) in [6.45, 7) is 5.95. The molecular formula is C42H29N3. The van der Waals surface area contributed by atoms with Gasteiger partial charge in [0.1, 0.15) is 0 Å². The van der Waals surface area contributed by atoms with Gasteiger partial charge in [0.15, 0.2) is 0 Å². The predicted octanol–water partition coefficient (Wildman–Crippen LogP) is 11.5. The maximum absolute atomic E-state index is 5.17. The summed E-state index contributed by atoms with van der Waals surface area (Å²) in [5.41, 5.74) is 9.73. The largest absolute Gasteiger partial charge is 0.263 e. The molecule has 0 fully saturated rings. The molecule has 0 bridgehead atoms. The van der Waals surface area contributed by atoms with Gasteiger partial charge in [-0.25, -0.2) is 9.97 Å². The van der Waals surface area contributed by atoms with Crippen molar-refractivity contribution >= 4 is 61.8 Å².